The van der Waals surface area contributed by atoms with Crippen molar-refractivity contribution in [2.75, 3.05) is 19.0 Å². The molecule has 2 unspecified atom stereocenters. The van der Waals surface area contributed by atoms with Crippen LogP contribution in [0.15, 0.2) is 61.1 Å². The third kappa shape index (κ3) is 4.99. The number of rotatable bonds is 8. The number of carbonyl (C=O) groups excluding carboxylic acids is 1. The van der Waals surface area contributed by atoms with Crippen LogP contribution in [0.5, 0.6) is 5.75 Å². The number of amides is 1. The molecule has 0 aliphatic rings. The van der Waals surface area contributed by atoms with Crippen LogP contribution in [0.2, 0.25) is 0 Å². The van der Waals surface area contributed by atoms with Crippen molar-refractivity contribution in [3.05, 3.63) is 83.6 Å². The van der Waals surface area contributed by atoms with Gasteiger partial charge < -0.3 is 20.5 Å². The quantitative estimate of drug-likeness (QED) is 0.370. The number of halogens is 1. The highest BCUT2D eigenvalue weighted by molar-refractivity contribution is 5.99. The summed E-state index contributed by atoms with van der Waals surface area (Å²) >= 11 is 0. The van der Waals surface area contributed by atoms with E-state index in [2.05, 4.69) is 20.7 Å². The minimum atomic E-state index is -0.614. The Morgan fingerprint density at radius 2 is 1.97 bits per heavy atom. The van der Waals surface area contributed by atoms with Gasteiger partial charge in [-0.2, -0.15) is 5.10 Å². The van der Waals surface area contributed by atoms with E-state index in [-0.39, 0.29) is 24.3 Å². The number of aliphatic hydroxyl groups is 1. The molecule has 0 spiro atoms. The summed E-state index contributed by atoms with van der Waals surface area (Å²) in [6, 6.07) is 11.0. The van der Waals surface area contributed by atoms with E-state index in [4.69, 9.17) is 4.74 Å². The zero-order valence-corrected chi connectivity index (χ0v) is 19.1. The maximum atomic E-state index is 14.4. The molecule has 176 valence electrons. The van der Waals surface area contributed by atoms with Gasteiger partial charge in [-0.1, -0.05) is 12.1 Å². The number of nitrogens with one attached hydrogen (secondary N) is 2. The second kappa shape index (κ2) is 9.88. The lowest BCUT2D eigenvalue weighted by Crippen LogP contribution is -2.29. The number of ether oxygens (including phenoxy) is 1. The van der Waals surface area contributed by atoms with Gasteiger partial charge in [0.05, 0.1) is 26.0 Å². The highest BCUT2D eigenvalue weighted by atomic mass is 19.1. The van der Waals surface area contributed by atoms with Crippen LogP contribution < -0.4 is 15.4 Å². The van der Waals surface area contributed by atoms with E-state index in [9.17, 15) is 14.3 Å². The summed E-state index contributed by atoms with van der Waals surface area (Å²) in [5.41, 5.74) is 1.73. The van der Waals surface area contributed by atoms with E-state index in [1.54, 1.807) is 48.5 Å². The Morgan fingerprint density at radius 3 is 2.65 bits per heavy atom. The number of anilines is 1. The summed E-state index contributed by atoms with van der Waals surface area (Å²) in [6.07, 6.45) is 5.13. The fourth-order valence-electron chi connectivity index (χ4n) is 3.68. The number of pyridine rings is 1. The van der Waals surface area contributed by atoms with Crippen LogP contribution in [-0.2, 0) is 7.05 Å². The largest absolute Gasteiger partial charge is 0.494 e. The second-order valence-electron chi connectivity index (χ2n) is 8.11. The van der Waals surface area contributed by atoms with Crippen molar-refractivity contribution >= 4 is 22.5 Å². The molecule has 0 bridgehead atoms. The van der Waals surface area contributed by atoms with Gasteiger partial charge in [-0.25, -0.2) is 9.37 Å². The van der Waals surface area contributed by atoms with E-state index in [0.717, 1.165) is 16.3 Å². The molecule has 2 aromatic heterocycles. The standard InChI is InChI=1S/C25H26FN5O3/c1-15(14-32)29-23-10-19-8-17(4-5-18(19)11-27-23)25(33)30-24(20-12-28-31(2)13-20)16-6-7-22(34-3)21(26)9-16/h4-13,15,24,32H,14H2,1-3H3,(H,27,29)(H,30,33). The molecular weight excluding hydrogens is 437 g/mol. The van der Waals surface area contributed by atoms with Gasteiger partial charge in [0.15, 0.2) is 11.6 Å². The van der Waals surface area contributed by atoms with Gasteiger partial charge in [0.1, 0.15) is 5.82 Å². The Morgan fingerprint density at radius 1 is 1.15 bits per heavy atom. The average molecular weight is 464 g/mol. The first-order chi connectivity index (χ1) is 16.4. The van der Waals surface area contributed by atoms with Crippen molar-refractivity contribution < 1.29 is 19.0 Å². The third-order valence-electron chi connectivity index (χ3n) is 5.49. The number of carbonyl (C=O) groups is 1. The van der Waals surface area contributed by atoms with Crippen LogP contribution in [0.25, 0.3) is 10.8 Å². The van der Waals surface area contributed by atoms with E-state index < -0.39 is 11.9 Å². The van der Waals surface area contributed by atoms with Gasteiger partial charge in [0, 0.05) is 42.0 Å². The van der Waals surface area contributed by atoms with Crippen LogP contribution in [0.3, 0.4) is 0 Å². The Labute approximate surface area is 196 Å². The van der Waals surface area contributed by atoms with Crippen LogP contribution in [0.1, 0.15) is 34.5 Å². The maximum Gasteiger partial charge on any atom is 0.252 e. The molecule has 3 N–H and O–H groups in total. The van der Waals surface area contributed by atoms with Gasteiger partial charge in [-0.3, -0.25) is 9.48 Å². The lowest BCUT2D eigenvalue weighted by molar-refractivity contribution is 0.0943. The summed E-state index contributed by atoms with van der Waals surface area (Å²) < 4.78 is 21.1. The van der Waals surface area contributed by atoms with Gasteiger partial charge in [0.2, 0.25) is 0 Å². The fourth-order valence-corrected chi connectivity index (χ4v) is 3.68. The zero-order chi connectivity index (χ0) is 24.2. The minimum absolute atomic E-state index is 0.0240. The number of aromatic nitrogens is 3. The molecule has 0 aliphatic heterocycles. The van der Waals surface area contributed by atoms with Gasteiger partial charge >= 0.3 is 0 Å². The van der Waals surface area contributed by atoms with Crippen molar-refractivity contribution in [2.45, 2.75) is 19.0 Å². The third-order valence-corrected chi connectivity index (χ3v) is 5.49. The number of hydrogen-bond acceptors (Lipinski definition) is 6. The SMILES string of the molecule is COc1ccc(C(NC(=O)c2ccc3cnc(NC(C)CO)cc3c2)c2cnn(C)c2)cc1F. The average Bonchev–Trinajstić information content (AvgIpc) is 3.27. The van der Waals surface area contributed by atoms with Crippen molar-refractivity contribution in [3.8, 4) is 5.75 Å². The first kappa shape index (κ1) is 23.2. The van der Waals surface area contributed by atoms with E-state index >= 15 is 0 Å². The molecule has 0 radical (unpaired) electrons. The molecule has 0 fully saturated rings. The molecule has 2 atom stereocenters. The number of fused-ring (bicyclic) bond motifs is 1. The maximum absolute atomic E-state index is 14.4. The van der Waals surface area contributed by atoms with Gasteiger partial charge in [-0.05, 0) is 48.2 Å². The summed E-state index contributed by atoms with van der Waals surface area (Å²) in [4.78, 5) is 17.6. The Balaban J connectivity index is 1.65. The topological polar surface area (TPSA) is 101 Å². The van der Waals surface area contributed by atoms with Crippen LogP contribution in [0, 0.1) is 5.82 Å². The molecule has 0 saturated heterocycles. The number of methoxy groups -OCH3 is 1. The molecule has 9 heteroatoms. The molecule has 2 aromatic carbocycles. The Bertz CT molecular complexity index is 1320. The number of benzene rings is 2. The first-order valence-electron chi connectivity index (χ1n) is 10.8. The summed E-state index contributed by atoms with van der Waals surface area (Å²) in [5.74, 6) is -0.0999. The smallest absolute Gasteiger partial charge is 0.252 e. The molecule has 8 nitrogen and oxygen atoms in total. The number of aryl methyl sites for hydroxylation is 1. The predicted molar refractivity (Wildman–Crippen MR) is 127 cm³/mol. The van der Waals surface area contributed by atoms with E-state index in [1.807, 2.05) is 19.1 Å². The number of aliphatic hydroxyl groups excluding tert-OH is 1. The highest BCUT2D eigenvalue weighted by Gasteiger charge is 2.21. The van der Waals surface area contributed by atoms with Crippen molar-refractivity contribution in [1.29, 1.82) is 0 Å². The lowest BCUT2D eigenvalue weighted by atomic mass is 10.00. The van der Waals surface area contributed by atoms with Crippen molar-refractivity contribution in [2.24, 2.45) is 7.05 Å². The molecule has 0 aliphatic carbocycles. The Kier molecular flexibility index (Phi) is 6.74. The second-order valence-corrected chi connectivity index (χ2v) is 8.11. The summed E-state index contributed by atoms with van der Waals surface area (Å²) in [7, 11) is 3.18. The minimum Gasteiger partial charge on any atom is -0.494 e. The highest BCUT2D eigenvalue weighted by Crippen LogP contribution is 2.27. The van der Waals surface area contributed by atoms with E-state index in [0.29, 0.717) is 16.9 Å². The van der Waals surface area contributed by atoms with Gasteiger partial charge in [0.25, 0.3) is 5.91 Å². The van der Waals surface area contributed by atoms with Crippen LogP contribution in [0.4, 0.5) is 10.2 Å². The van der Waals surface area contributed by atoms with Gasteiger partial charge in [-0.15, -0.1) is 0 Å². The summed E-state index contributed by atoms with van der Waals surface area (Å²) in [6.45, 7) is 1.82. The molecule has 0 saturated carbocycles. The van der Waals surface area contributed by atoms with Crippen molar-refractivity contribution in [1.82, 2.24) is 20.1 Å². The Hall–Kier alpha value is -3.98. The molecule has 4 rings (SSSR count). The monoisotopic (exact) mass is 463 g/mol. The molecule has 2 heterocycles. The summed E-state index contributed by atoms with van der Waals surface area (Å²) in [5, 5.41) is 21.3. The molecule has 1 amide bonds. The van der Waals surface area contributed by atoms with Crippen LogP contribution in [-0.4, -0.2) is 45.5 Å². The van der Waals surface area contributed by atoms with Crippen molar-refractivity contribution in [3.63, 3.8) is 0 Å². The molecular formula is C25H26FN5O3. The lowest BCUT2D eigenvalue weighted by Gasteiger charge is -2.19. The normalized spacial score (nSPS) is 12.9. The first-order valence-corrected chi connectivity index (χ1v) is 10.8. The molecule has 4 aromatic rings. The number of nitrogens with zero attached hydrogens (tertiary/aromatic N) is 3. The van der Waals surface area contributed by atoms with E-state index in [1.165, 1.54) is 19.2 Å². The zero-order valence-electron chi connectivity index (χ0n) is 19.1. The predicted octanol–water partition coefficient (Wildman–Crippen LogP) is 3.43. The fraction of sp³-hybridized carbons (Fsp3) is 0.240. The number of hydrogen-bond donors (Lipinski definition) is 3. The van der Waals surface area contributed by atoms with Crippen LogP contribution >= 0.6 is 0 Å². The molecule has 34 heavy (non-hydrogen) atoms.